The zero-order valence-corrected chi connectivity index (χ0v) is 13.3. The first-order valence-corrected chi connectivity index (χ1v) is 7.33. The molecule has 7 heteroatoms. The number of nitriles is 1. The largest absolute Gasteiger partial charge is 0.504 e. The molecule has 126 valence electrons. The lowest BCUT2D eigenvalue weighted by molar-refractivity contribution is -0.384. The molecule has 0 saturated heterocycles. The number of nitro groups is 1. The SMILES string of the molecule is CCOc1cc(/C=C(\C#N)C(=O)c2cccc([N+](=O)[O-])c2)ccc1O. The van der Waals surface area contributed by atoms with Gasteiger partial charge in [-0.15, -0.1) is 0 Å². The minimum Gasteiger partial charge on any atom is -0.504 e. The molecule has 0 unspecified atom stereocenters. The fourth-order valence-electron chi connectivity index (χ4n) is 2.12. The quantitative estimate of drug-likeness (QED) is 0.283. The van der Waals surface area contributed by atoms with E-state index in [9.17, 15) is 25.3 Å². The maximum absolute atomic E-state index is 12.4. The Bertz CT molecular complexity index is 897. The summed E-state index contributed by atoms with van der Waals surface area (Å²) in [5, 5.41) is 29.8. The van der Waals surface area contributed by atoms with Gasteiger partial charge in [-0.2, -0.15) is 5.26 Å². The van der Waals surface area contributed by atoms with Crippen LogP contribution in [-0.2, 0) is 0 Å². The van der Waals surface area contributed by atoms with Crippen molar-refractivity contribution < 1.29 is 19.6 Å². The second-order valence-corrected chi connectivity index (χ2v) is 4.97. The number of Topliss-reactive ketones (excluding diaryl/α,β-unsaturated/α-hetero) is 1. The normalized spacial score (nSPS) is 10.8. The molecule has 0 amide bonds. The van der Waals surface area contributed by atoms with Gasteiger partial charge in [0, 0.05) is 17.7 Å². The number of non-ortho nitro benzene ring substituents is 1. The van der Waals surface area contributed by atoms with Crippen molar-refractivity contribution >= 4 is 17.5 Å². The van der Waals surface area contributed by atoms with Gasteiger partial charge in [-0.3, -0.25) is 14.9 Å². The third-order valence-corrected chi connectivity index (χ3v) is 3.28. The van der Waals surface area contributed by atoms with Crippen LogP contribution in [0.3, 0.4) is 0 Å². The first-order chi connectivity index (χ1) is 12.0. The molecule has 0 spiro atoms. The number of ether oxygens (including phenoxy) is 1. The van der Waals surface area contributed by atoms with Crippen LogP contribution < -0.4 is 4.74 Å². The Morgan fingerprint density at radius 1 is 1.36 bits per heavy atom. The highest BCUT2D eigenvalue weighted by atomic mass is 16.6. The first kappa shape index (κ1) is 17.7. The number of carbonyl (C=O) groups excluding carboxylic acids is 1. The molecule has 0 fully saturated rings. The molecule has 0 radical (unpaired) electrons. The first-order valence-electron chi connectivity index (χ1n) is 7.33. The average molecular weight is 338 g/mol. The molecule has 2 aromatic rings. The maximum atomic E-state index is 12.4. The van der Waals surface area contributed by atoms with Gasteiger partial charge < -0.3 is 9.84 Å². The van der Waals surface area contributed by atoms with E-state index in [4.69, 9.17) is 4.74 Å². The molecule has 2 aromatic carbocycles. The van der Waals surface area contributed by atoms with Crippen LogP contribution in [0.2, 0.25) is 0 Å². The number of phenols is 1. The van der Waals surface area contributed by atoms with Crippen molar-refractivity contribution in [3.05, 3.63) is 69.3 Å². The molecule has 25 heavy (non-hydrogen) atoms. The number of nitro benzene ring substituents is 1. The highest BCUT2D eigenvalue weighted by Gasteiger charge is 2.16. The number of benzene rings is 2. The maximum Gasteiger partial charge on any atom is 0.270 e. The Balaban J connectivity index is 2.39. The van der Waals surface area contributed by atoms with Gasteiger partial charge in [-0.1, -0.05) is 18.2 Å². The molecule has 0 aliphatic carbocycles. The molecule has 0 atom stereocenters. The molecule has 0 aliphatic rings. The number of rotatable bonds is 6. The number of allylic oxidation sites excluding steroid dienone is 1. The zero-order chi connectivity index (χ0) is 18.4. The molecule has 2 rings (SSSR count). The van der Waals surface area contributed by atoms with Crippen molar-refractivity contribution in [2.24, 2.45) is 0 Å². The third-order valence-electron chi connectivity index (χ3n) is 3.28. The second kappa shape index (κ2) is 7.75. The number of ketones is 1. The minimum atomic E-state index is -0.628. The summed E-state index contributed by atoms with van der Waals surface area (Å²) < 4.78 is 5.26. The molecular formula is C18H14N2O5. The number of hydrogen-bond donors (Lipinski definition) is 1. The van der Waals surface area contributed by atoms with E-state index >= 15 is 0 Å². The highest BCUT2D eigenvalue weighted by Crippen LogP contribution is 2.28. The predicted molar refractivity (Wildman–Crippen MR) is 90.3 cm³/mol. The van der Waals surface area contributed by atoms with Crippen molar-refractivity contribution in [2.45, 2.75) is 6.92 Å². The van der Waals surface area contributed by atoms with Crippen LogP contribution >= 0.6 is 0 Å². The molecule has 0 heterocycles. The lowest BCUT2D eigenvalue weighted by Gasteiger charge is -2.06. The molecule has 0 saturated carbocycles. The van der Waals surface area contributed by atoms with E-state index in [-0.39, 0.29) is 28.3 Å². The van der Waals surface area contributed by atoms with Crippen molar-refractivity contribution in [3.8, 4) is 17.6 Å². The van der Waals surface area contributed by atoms with Gasteiger partial charge in [0.25, 0.3) is 5.69 Å². The van der Waals surface area contributed by atoms with Gasteiger partial charge in [0.05, 0.1) is 11.5 Å². The van der Waals surface area contributed by atoms with Gasteiger partial charge in [0.2, 0.25) is 5.78 Å². The van der Waals surface area contributed by atoms with E-state index in [1.807, 2.05) is 0 Å². The van der Waals surface area contributed by atoms with Gasteiger partial charge in [-0.25, -0.2) is 0 Å². The Hall–Kier alpha value is -3.66. The topological polar surface area (TPSA) is 113 Å². The summed E-state index contributed by atoms with van der Waals surface area (Å²) in [6, 6.07) is 11.4. The number of phenolic OH excluding ortho intramolecular Hbond substituents is 1. The van der Waals surface area contributed by atoms with Crippen molar-refractivity contribution in [3.63, 3.8) is 0 Å². The number of hydrogen-bond acceptors (Lipinski definition) is 6. The Morgan fingerprint density at radius 3 is 2.76 bits per heavy atom. The number of aromatic hydroxyl groups is 1. The summed E-state index contributed by atoms with van der Waals surface area (Å²) in [5.74, 6) is -0.448. The fourth-order valence-corrected chi connectivity index (χ4v) is 2.12. The van der Waals surface area contributed by atoms with E-state index < -0.39 is 10.7 Å². The highest BCUT2D eigenvalue weighted by molar-refractivity contribution is 6.14. The summed E-state index contributed by atoms with van der Waals surface area (Å²) in [5.41, 5.74) is 0.113. The standard InChI is InChI=1S/C18H14N2O5/c1-2-25-17-9-12(6-7-16(17)21)8-14(11-19)18(22)13-4-3-5-15(10-13)20(23)24/h3-10,21H,2H2,1H3/b14-8+. The van der Waals surface area contributed by atoms with E-state index in [0.717, 1.165) is 6.07 Å². The van der Waals surface area contributed by atoms with Crippen LogP contribution in [0, 0.1) is 21.4 Å². The predicted octanol–water partition coefficient (Wildman–Crippen LogP) is 3.49. The number of nitrogens with zero attached hydrogens (tertiary/aromatic N) is 2. The van der Waals surface area contributed by atoms with Crippen molar-refractivity contribution in [1.82, 2.24) is 0 Å². The van der Waals surface area contributed by atoms with Crippen LogP contribution in [0.15, 0.2) is 48.0 Å². The minimum absolute atomic E-state index is 0.0470. The summed E-state index contributed by atoms with van der Waals surface area (Å²) in [6.45, 7) is 2.10. The van der Waals surface area contributed by atoms with Crippen LogP contribution in [0.1, 0.15) is 22.8 Å². The monoisotopic (exact) mass is 338 g/mol. The van der Waals surface area contributed by atoms with Gasteiger partial charge in [-0.05, 0) is 30.7 Å². The zero-order valence-electron chi connectivity index (χ0n) is 13.3. The van der Waals surface area contributed by atoms with Crippen LogP contribution in [-0.4, -0.2) is 22.4 Å². The van der Waals surface area contributed by atoms with Gasteiger partial charge in [0.1, 0.15) is 11.6 Å². The summed E-state index contributed by atoms with van der Waals surface area (Å²) in [6.07, 6.45) is 1.34. The molecule has 0 aromatic heterocycles. The molecule has 0 bridgehead atoms. The fraction of sp³-hybridized carbons (Fsp3) is 0.111. The summed E-state index contributed by atoms with van der Waals surface area (Å²) in [7, 11) is 0. The van der Waals surface area contributed by atoms with Crippen LogP contribution in [0.5, 0.6) is 11.5 Å². The molecular weight excluding hydrogens is 324 g/mol. The van der Waals surface area contributed by atoms with Crippen molar-refractivity contribution in [2.75, 3.05) is 6.61 Å². The molecule has 0 aliphatic heterocycles. The third kappa shape index (κ3) is 4.20. The van der Waals surface area contributed by atoms with E-state index in [2.05, 4.69) is 0 Å². The van der Waals surface area contributed by atoms with E-state index in [1.165, 1.54) is 42.5 Å². The van der Waals surface area contributed by atoms with Crippen LogP contribution in [0.25, 0.3) is 6.08 Å². The Labute approximate surface area is 143 Å². The van der Waals surface area contributed by atoms with E-state index in [0.29, 0.717) is 12.2 Å². The second-order valence-electron chi connectivity index (χ2n) is 4.97. The summed E-state index contributed by atoms with van der Waals surface area (Å²) >= 11 is 0. The molecule has 1 N–H and O–H groups in total. The van der Waals surface area contributed by atoms with Gasteiger partial charge >= 0.3 is 0 Å². The number of carbonyl (C=O) groups is 1. The smallest absolute Gasteiger partial charge is 0.270 e. The Morgan fingerprint density at radius 2 is 2.12 bits per heavy atom. The average Bonchev–Trinajstić information content (AvgIpc) is 2.62. The van der Waals surface area contributed by atoms with Crippen molar-refractivity contribution in [1.29, 1.82) is 5.26 Å². The van der Waals surface area contributed by atoms with Crippen LogP contribution in [0.4, 0.5) is 5.69 Å². The summed E-state index contributed by atoms with van der Waals surface area (Å²) in [4.78, 5) is 22.6. The van der Waals surface area contributed by atoms with Gasteiger partial charge in [0.15, 0.2) is 11.5 Å². The lowest BCUT2D eigenvalue weighted by Crippen LogP contribution is -2.03. The molecule has 7 nitrogen and oxygen atoms in total. The Kier molecular flexibility index (Phi) is 5.48. The lowest BCUT2D eigenvalue weighted by atomic mass is 10.0. The van der Waals surface area contributed by atoms with E-state index in [1.54, 1.807) is 13.0 Å².